The number of nitrogens with one attached hydrogen (secondary N) is 1. The number of ether oxygens (including phenoxy) is 3. The maximum absolute atomic E-state index is 12.6. The molecule has 0 unspecified atom stereocenters. The van der Waals surface area contributed by atoms with Crippen molar-refractivity contribution in [2.45, 2.75) is 52.9 Å². The average Bonchev–Trinajstić information content (AvgIpc) is 3.35. The van der Waals surface area contributed by atoms with E-state index in [4.69, 9.17) is 14.2 Å². The van der Waals surface area contributed by atoms with Crippen LogP contribution in [0, 0.1) is 11.3 Å². The summed E-state index contributed by atoms with van der Waals surface area (Å²) < 4.78 is 17.4. The molecule has 9 heteroatoms. The number of rotatable bonds is 11. The monoisotopic (exact) mass is 534 g/mol. The van der Waals surface area contributed by atoms with E-state index in [1.54, 1.807) is 18.2 Å². The van der Waals surface area contributed by atoms with Crippen LogP contribution in [0.4, 0.5) is 5.13 Å². The normalized spacial score (nSPS) is 11.7. The number of hydrogen-bond acceptors (Lipinski definition) is 8. The van der Waals surface area contributed by atoms with Crippen molar-refractivity contribution in [3.05, 3.63) is 64.2 Å². The lowest BCUT2D eigenvalue weighted by Gasteiger charge is -2.19. The molecule has 0 bridgehead atoms. The van der Waals surface area contributed by atoms with Gasteiger partial charge in [0.2, 0.25) is 5.13 Å². The molecule has 200 valence electrons. The van der Waals surface area contributed by atoms with Crippen molar-refractivity contribution in [1.29, 1.82) is 5.26 Å². The summed E-state index contributed by atoms with van der Waals surface area (Å²) in [5.74, 6) is 1.49. The lowest BCUT2D eigenvalue weighted by Crippen LogP contribution is -2.13. The van der Waals surface area contributed by atoms with Crippen LogP contribution in [0.1, 0.15) is 63.6 Å². The smallest absolute Gasteiger partial charge is 0.268 e. The molecule has 0 aliphatic rings. The predicted molar refractivity (Wildman–Crippen MR) is 150 cm³/mol. The van der Waals surface area contributed by atoms with Gasteiger partial charge >= 0.3 is 0 Å². The van der Waals surface area contributed by atoms with Crippen molar-refractivity contribution in [3.8, 4) is 23.3 Å². The molecule has 0 aliphatic carbocycles. The molecule has 38 heavy (non-hydrogen) atoms. The van der Waals surface area contributed by atoms with E-state index in [2.05, 4.69) is 48.4 Å². The van der Waals surface area contributed by atoms with Gasteiger partial charge in [-0.05, 0) is 53.8 Å². The van der Waals surface area contributed by atoms with Gasteiger partial charge in [-0.15, -0.1) is 10.2 Å². The van der Waals surface area contributed by atoms with Crippen LogP contribution in [-0.2, 0) is 10.2 Å². The Balaban J connectivity index is 1.62. The van der Waals surface area contributed by atoms with E-state index in [-0.39, 0.29) is 16.9 Å². The molecule has 0 saturated heterocycles. The fourth-order valence-electron chi connectivity index (χ4n) is 3.36. The van der Waals surface area contributed by atoms with E-state index >= 15 is 0 Å². The minimum Gasteiger partial charge on any atom is -0.490 e. The predicted octanol–water partition coefficient (Wildman–Crippen LogP) is 6.36. The number of carbonyl (C=O) groups is 1. The highest BCUT2D eigenvalue weighted by Crippen LogP contribution is 2.30. The second-order valence-corrected chi connectivity index (χ2v) is 10.8. The Hall–Kier alpha value is -3.90. The molecule has 0 atom stereocenters. The van der Waals surface area contributed by atoms with Crippen LogP contribution in [-0.4, -0.2) is 35.9 Å². The number of amides is 1. The van der Waals surface area contributed by atoms with E-state index < -0.39 is 5.91 Å². The highest BCUT2D eigenvalue weighted by atomic mass is 32.1. The Kier molecular flexibility index (Phi) is 9.85. The van der Waals surface area contributed by atoms with Gasteiger partial charge in [0, 0.05) is 5.92 Å². The zero-order valence-electron chi connectivity index (χ0n) is 22.7. The number of benzene rings is 2. The summed E-state index contributed by atoms with van der Waals surface area (Å²) in [6, 6.07) is 15.3. The molecule has 0 radical (unpaired) electrons. The van der Waals surface area contributed by atoms with Crippen LogP contribution in [0.2, 0.25) is 0 Å². The van der Waals surface area contributed by atoms with Crippen LogP contribution in [0.3, 0.4) is 0 Å². The van der Waals surface area contributed by atoms with Gasteiger partial charge in [-0.1, -0.05) is 64.2 Å². The molecule has 1 amide bonds. The lowest BCUT2D eigenvalue weighted by atomic mass is 9.87. The van der Waals surface area contributed by atoms with Gasteiger partial charge in [0.05, 0.1) is 6.61 Å². The van der Waals surface area contributed by atoms with Crippen molar-refractivity contribution in [2.75, 3.05) is 25.1 Å². The summed E-state index contributed by atoms with van der Waals surface area (Å²) in [5, 5.41) is 21.4. The molecule has 0 aliphatic heterocycles. The summed E-state index contributed by atoms with van der Waals surface area (Å²) in [4.78, 5) is 12.6. The Labute approximate surface area is 228 Å². The Morgan fingerprint density at radius 1 is 1.05 bits per heavy atom. The number of anilines is 1. The molecule has 1 N–H and O–H groups in total. The molecule has 1 heterocycles. The van der Waals surface area contributed by atoms with E-state index in [1.165, 1.54) is 23.0 Å². The zero-order valence-corrected chi connectivity index (χ0v) is 23.5. The first kappa shape index (κ1) is 28.7. The van der Waals surface area contributed by atoms with Crippen LogP contribution in [0.15, 0.2) is 48.0 Å². The van der Waals surface area contributed by atoms with Crippen LogP contribution >= 0.6 is 11.3 Å². The Morgan fingerprint density at radius 3 is 2.37 bits per heavy atom. The zero-order chi connectivity index (χ0) is 27.7. The molecule has 1 aromatic heterocycles. The molecule has 0 saturated carbocycles. The van der Waals surface area contributed by atoms with E-state index in [0.717, 1.165) is 10.8 Å². The van der Waals surface area contributed by atoms with E-state index in [1.807, 2.05) is 39.0 Å². The number of hydrogen-bond donors (Lipinski definition) is 1. The second-order valence-electron chi connectivity index (χ2n) is 9.83. The summed E-state index contributed by atoms with van der Waals surface area (Å²) in [5.41, 5.74) is 1.90. The molecule has 0 fully saturated rings. The number of carbonyl (C=O) groups excluding carboxylic acids is 1. The van der Waals surface area contributed by atoms with Crippen molar-refractivity contribution >= 4 is 28.5 Å². The molecule has 3 aromatic rings. The standard InChI is InChI=1S/C29H34N4O4S/c1-7-35-25-17-20(16-21(18-30)26(34)31-28-33-32-27(38-28)19(2)3)8-13-24(25)37-15-14-36-23-11-9-22(10-12-23)29(4,5)6/h8-13,16-17,19H,7,14-15H2,1-6H3,(H,31,33,34). The van der Waals surface area contributed by atoms with Crippen LogP contribution in [0.5, 0.6) is 17.2 Å². The molecular weight excluding hydrogens is 500 g/mol. The van der Waals surface area contributed by atoms with Crippen molar-refractivity contribution < 1.29 is 19.0 Å². The topological polar surface area (TPSA) is 106 Å². The summed E-state index contributed by atoms with van der Waals surface area (Å²) in [6.07, 6.45) is 1.50. The third-order valence-corrected chi connectivity index (χ3v) is 6.57. The number of aromatic nitrogens is 2. The summed E-state index contributed by atoms with van der Waals surface area (Å²) in [6.45, 7) is 13.5. The molecular formula is C29H34N4O4S. The highest BCUT2D eigenvalue weighted by molar-refractivity contribution is 7.15. The minimum atomic E-state index is -0.551. The maximum atomic E-state index is 12.6. The van der Waals surface area contributed by atoms with Crippen molar-refractivity contribution in [3.63, 3.8) is 0 Å². The van der Waals surface area contributed by atoms with Gasteiger partial charge in [0.25, 0.3) is 5.91 Å². The number of nitriles is 1. The first-order valence-electron chi connectivity index (χ1n) is 12.5. The van der Waals surface area contributed by atoms with Gasteiger partial charge < -0.3 is 14.2 Å². The van der Waals surface area contributed by atoms with Crippen LogP contribution < -0.4 is 19.5 Å². The third-order valence-electron chi connectivity index (χ3n) is 5.43. The van der Waals surface area contributed by atoms with Crippen LogP contribution in [0.25, 0.3) is 6.08 Å². The van der Waals surface area contributed by atoms with Crippen molar-refractivity contribution in [2.24, 2.45) is 0 Å². The second kappa shape index (κ2) is 13.1. The maximum Gasteiger partial charge on any atom is 0.268 e. The fourth-order valence-corrected chi connectivity index (χ4v) is 4.10. The largest absolute Gasteiger partial charge is 0.490 e. The van der Waals surface area contributed by atoms with Crippen molar-refractivity contribution in [1.82, 2.24) is 10.2 Å². The van der Waals surface area contributed by atoms with Gasteiger partial charge in [-0.2, -0.15) is 5.26 Å². The van der Waals surface area contributed by atoms with Gasteiger partial charge in [0.15, 0.2) is 11.5 Å². The average molecular weight is 535 g/mol. The summed E-state index contributed by atoms with van der Waals surface area (Å²) >= 11 is 1.29. The fraction of sp³-hybridized carbons (Fsp3) is 0.379. The molecule has 3 rings (SSSR count). The van der Waals surface area contributed by atoms with Gasteiger partial charge in [0.1, 0.15) is 35.6 Å². The lowest BCUT2D eigenvalue weighted by molar-refractivity contribution is -0.112. The SMILES string of the molecule is CCOc1cc(C=C(C#N)C(=O)Nc2nnc(C(C)C)s2)ccc1OCCOc1ccc(C(C)(C)C)cc1. The Morgan fingerprint density at radius 2 is 1.76 bits per heavy atom. The first-order valence-corrected chi connectivity index (χ1v) is 13.3. The highest BCUT2D eigenvalue weighted by Gasteiger charge is 2.15. The third kappa shape index (κ3) is 8.05. The van der Waals surface area contributed by atoms with Gasteiger partial charge in [-0.25, -0.2) is 0 Å². The Bertz CT molecular complexity index is 1300. The first-order chi connectivity index (χ1) is 18.1. The summed E-state index contributed by atoms with van der Waals surface area (Å²) in [7, 11) is 0. The molecule has 0 spiro atoms. The van der Waals surface area contributed by atoms with E-state index in [0.29, 0.717) is 42.0 Å². The van der Waals surface area contributed by atoms with E-state index in [9.17, 15) is 10.1 Å². The number of nitrogens with zero attached hydrogens (tertiary/aromatic N) is 3. The quantitative estimate of drug-likeness (QED) is 0.173. The molecule has 8 nitrogen and oxygen atoms in total. The minimum absolute atomic E-state index is 0.0618. The van der Waals surface area contributed by atoms with Gasteiger partial charge in [-0.3, -0.25) is 10.1 Å². The molecule has 2 aromatic carbocycles.